The quantitative estimate of drug-likeness (QED) is 0.420. The zero-order chi connectivity index (χ0) is 23.3. The van der Waals surface area contributed by atoms with E-state index in [9.17, 15) is 13.2 Å². The van der Waals surface area contributed by atoms with Crippen LogP contribution in [0, 0.1) is 11.3 Å². The van der Waals surface area contributed by atoms with Gasteiger partial charge in [0.05, 0.1) is 34.5 Å². The van der Waals surface area contributed by atoms with Gasteiger partial charge in [0.2, 0.25) is 5.91 Å². The average Bonchev–Trinajstić information content (AvgIpc) is 3.23. The summed E-state index contributed by atoms with van der Waals surface area (Å²) in [4.78, 5) is 20.6. The molecule has 0 fully saturated rings. The number of H-pyrrole nitrogens is 1. The van der Waals surface area contributed by atoms with Gasteiger partial charge in [-0.3, -0.25) is 4.79 Å². The van der Waals surface area contributed by atoms with Crippen LogP contribution in [-0.4, -0.2) is 30.0 Å². The topological polar surface area (TPSA) is 116 Å². The van der Waals surface area contributed by atoms with Crippen LogP contribution < -0.4 is 5.32 Å². The van der Waals surface area contributed by atoms with Gasteiger partial charge in [0, 0.05) is 0 Å². The molecule has 1 atom stereocenters. The first-order chi connectivity index (χ1) is 15.9. The Labute approximate surface area is 192 Å². The van der Waals surface area contributed by atoms with Crippen molar-refractivity contribution in [2.75, 3.05) is 5.75 Å². The number of nitriles is 1. The van der Waals surface area contributed by atoms with Crippen molar-refractivity contribution in [2.45, 2.75) is 18.2 Å². The second-order valence-electron chi connectivity index (χ2n) is 7.79. The molecule has 0 spiro atoms. The van der Waals surface area contributed by atoms with E-state index in [2.05, 4.69) is 15.3 Å². The molecule has 1 heterocycles. The van der Waals surface area contributed by atoms with Crippen molar-refractivity contribution in [2.24, 2.45) is 0 Å². The summed E-state index contributed by atoms with van der Waals surface area (Å²) in [6, 6.07) is 24.9. The van der Waals surface area contributed by atoms with Crippen molar-refractivity contribution in [1.29, 1.82) is 5.26 Å². The summed E-state index contributed by atoms with van der Waals surface area (Å²) in [7, 11) is -3.70. The summed E-state index contributed by atoms with van der Waals surface area (Å²) in [5.74, 6) is -0.943. The lowest BCUT2D eigenvalue weighted by molar-refractivity contribution is -0.119. The van der Waals surface area contributed by atoms with Crippen LogP contribution >= 0.6 is 0 Å². The number of rotatable bonds is 8. The molecule has 0 aliphatic carbocycles. The molecule has 0 aliphatic heterocycles. The Morgan fingerprint density at radius 3 is 2.36 bits per heavy atom. The molecule has 0 aliphatic rings. The van der Waals surface area contributed by atoms with Crippen LogP contribution in [0.25, 0.3) is 11.0 Å². The maximum atomic E-state index is 12.8. The molecule has 7 nitrogen and oxygen atoms in total. The lowest BCUT2D eigenvalue weighted by Crippen LogP contribution is -2.35. The minimum absolute atomic E-state index is 0.278. The summed E-state index contributed by atoms with van der Waals surface area (Å²) < 4.78 is 25.3. The van der Waals surface area contributed by atoms with Gasteiger partial charge in [-0.15, -0.1) is 0 Å². The fraction of sp³-hybridized carbons (Fsp3) is 0.160. The normalized spacial score (nSPS) is 12.2. The standard InChI is InChI=1S/C25H22N4O3S/c26-15-19-10-12-20(13-11-19)16-33(31,32)17-24(30)27-23(14-18-6-2-1-3-7-18)25-28-21-8-4-5-9-22(21)29-25/h1-13,23H,14,16-17H2,(H,27,30)(H,28,29)/t23-/m0/s1. The van der Waals surface area contributed by atoms with Gasteiger partial charge in [-0.1, -0.05) is 54.6 Å². The van der Waals surface area contributed by atoms with Crippen LogP contribution in [0.2, 0.25) is 0 Å². The number of sulfone groups is 1. The van der Waals surface area contributed by atoms with Crippen molar-refractivity contribution in [3.8, 4) is 6.07 Å². The molecular weight excluding hydrogens is 436 g/mol. The third kappa shape index (κ3) is 5.84. The first kappa shape index (κ1) is 22.2. The van der Waals surface area contributed by atoms with Crippen molar-refractivity contribution in [3.05, 3.63) is 101 Å². The Morgan fingerprint density at radius 2 is 1.67 bits per heavy atom. The number of aromatic nitrogens is 2. The van der Waals surface area contributed by atoms with Crippen molar-refractivity contribution < 1.29 is 13.2 Å². The Bertz CT molecular complexity index is 1370. The van der Waals surface area contributed by atoms with E-state index in [1.54, 1.807) is 24.3 Å². The SMILES string of the molecule is N#Cc1ccc(CS(=O)(=O)CC(=O)N[C@@H](Cc2ccccc2)c2nc3ccccc3[nH]2)cc1. The molecule has 0 bridgehead atoms. The second-order valence-corrected chi connectivity index (χ2v) is 9.85. The molecule has 4 rings (SSSR count). The van der Waals surface area contributed by atoms with Crippen molar-refractivity contribution >= 4 is 26.8 Å². The molecule has 1 aromatic heterocycles. The average molecular weight is 459 g/mol. The van der Waals surface area contributed by atoms with Gasteiger partial charge < -0.3 is 10.3 Å². The first-order valence-corrected chi connectivity index (χ1v) is 12.2. The Hall–Kier alpha value is -3.96. The maximum absolute atomic E-state index is 12.8. The third-order valence-electron chi connectivity index (χ3n) is 5.18. The van der Waals surface area contributed by atoms with Crippen LogP contribution in [0.1, 0.15) is 28.6 Å². The highest BCUT2D eigenvalue weighted by Crippen LogP contribution is 2.20. The fourth-order valence-electron chi connectivity index (χ4n) is 3.62. The number of carbonyl (C=O) groups is 1. The largest absolute Gasteiger partial charge is 0.345 e. The lowest BCUT2D eigenvalue weighted by atomic mass is 10.1. The lowest BCUT2D eigenvalue weighted by Gasteiger charge is -2.17. The van der Waals surface area contributed by atoms with Gasteiger partial charge in [0.15, 0.2) is 9.84 Å². The predicted octanol–water partition coefficient (Wildman–Crippen LogP) is 3.45. The van der Waals surface area contributed by atoms with Gasteiger partial charge in [0.1, 0.15) is 11.6 Å². The Morgan fingerprint density at radius 1 is 0.970 bits per heavy atom. The number of amides is 1. The molecule has 4 aromatic rings. The molecule has 0 unspecified atom stereocenters. The number of benzene rings is 3. The molecule has 1 amide bonds. The van der Waals surface area contributed by atoms with E-state index < -0.39 is 27.5 Å². The van der Waals surface area contributed by atoms with Gasteiger partial charge in [0.25, 0.3) is 0 Å². The number of aromatic amines is 1. The number of para-hydroxylation sites is 2. The number of carbonyl (C=O) groups excluding carboxylic acids is 1. The zero-order valence-corrected chi connectivity index (χ0v) is 18.5. The van der Waals surface area contributed by atoms with Crippen LogP contribution in [0.15, 0.2) is 78.9 Å². The minimum atomic E-state index is -3.70. The molecule has 8 heteroatoms. The van der Waals surface area contributed by atoms with Gasteiger partial charge in [-0.05, 0) is 41.8 Å². The monoisotopic (exact) mass is 458 g/mol. The summed E-state index contributed by atoms with van der Waals surface area (Å²) in [6.07, 6.45) is 0.460. The summed E-state index contributed by atoms with van der Waals surface area (Å²) in [5, 5.41) is 11.7. The highest BCUT2D eigenvalue weighted by Gasteiger charge is 2.23. The van der Waals surface area contributed by atoms with Crippen molar-refractivity contribution in [1.82, 2.24) is 15.3 Å². The molecular formula is C25H22N4O3S. The van der Waals surface area contributed by atoms with Gasteiger partial charge in [-0.2, -0.15) is 5.26 Å². The van der Waals surface area contributed by atoms with Crippen molar-refractivity contribution in [3.63, 3.8) is 0 Å². The molecule has 33 heavy (non-hydrogen) atoms. The van der Waals surface area contributed by atoms with Crippen LogP contribution in [0.3, 0.4) is 0 Å². The number of nitrogens with zero attached hydrogens (tertiary/aromatic N) is 2. The van der Waals surface area contributed by atoms with E-state index in [0.717, 1.165) is 16.6 Å². The summed E-state index contributed by atoms with van der Waals surface area (Å²) in [5.41, 5.74) is 3.58. The summed E-state index contributed by atoms with van der Waals surface area (Å²) in [6.45, 7) is 0. The first-order valence-electron chi connectivity index (χ1n) is 10.4. The van der Waals surface area contributed by atoms with E-state index >= 15 is 0 Å². The Balaban J connectivity index is 1.51. The highest BCUT2D eigenvalue weighted by atomic mass is 32.2. The summed E-state index contributed by atoms with van der Waals surface area (Å²) >= 11 is 0. The molecule has 0 radical (unpaired) electrons. The molecule has 166 valence electrons. The van der Waals surface area contributed by atoms with E-state index in [4.69, 9.17) is 5.26 Å². The maximum Gasteiger partial charge on any atom is 0.235 e. The second kappa shape index (κ2) is 9.67. The van der Waals surface area contributed by atoms with E-state index in [0.29, 0.717) is 23.4 Å². The van der Waals surface area contributed by atoms with Gasteiger partial charge >= 0.3 is 0 Å². The smallest absolute Gasteiger partial charge is 0.235 e. The van der Waals surface area contributed by atoms with Gasteiger partial charge in [-0.25, -0.2) is 13.4 Å². The molecule has 0 saturated heterocycles. The van der Waals surface area contributed by atoms with Crippen LogP contribution in [0.4, 0.5) is 0 Å². The number of hydrogen-bond donors (Lipinski definition) is 2. The number of nitrogens with one attached hydrogen (secondary N) is 2. The minimum Gasteiger partial charge on any atom is -0.345 e. The van der Waals surface area contributed by atoms with E-state index in [1.165, 1.54) is 0 Å². The third-order valence-corrected chi connectivity index (χ3v) is 6.65. The number of imidazole rings is 1. The van der Waals surface area contributed by atoms with Crippen LogP contribution in [-0.2, 0) is 26.8 Å². The zero-order valence-electron chi connectivity index (χ0n) is 17.7. The molecule has 3 aromatic carbocycles. The van der Waals surface area contributed by atoms with Crippen LogP contribution in [0.5, 0.6) is 0 Å². The molecule has 0 saturated carbocycles. The Kier molecular flexibility index (Phi) is 6.52. The van der Waals surface area contributed by atoms with E-state index in [-0.39, 0.29) is 5.75 Å². The number of fused-ring (bicyclic) bond motifs is 1. The molecule has 2 N–H and O–H groups in total. The number of hydrogen-bond acceptors (Lipinski definition) is 5. The highest BCUT2D eigenvalue weighted by molar-refractivity contribution is 7.91. The fourth-order valence-corrected chi connectivity index (χ4v) is 4.90. The predicted molar refractivity (Wildman–Crippen MR) is 126 cm³/mol. The van der Waals surface area contributed by atoms with E-state index in [1.807, 2.05) is 60.7 Å².